The van der Waals surface area contributed by atoms with Crippen molar-refractivity contribution in [3.05, 3.63) is 16.2 Å². The van der Waals surface area contributed by atoms with Gasteiger partial charge in [-0.1, -0.05) is 32.1 Å². The summed E-state index contributed by atoms with van der Waals surface area (Å²) in [5.74, 6) is 0. The second-order valence-electron chi connectivity index (χ2n) is 4.96. The highest BCUT2D eigenvalue weighted by Crippen LogP contribution is 2.34. The van der Waals surface area contributed by atoms with Gasteiger partial charge in [-0.3, -0.25) is 10.1 Å². The number of thiophene rings is 1. The summed E-state index contributed by atoms with van der Waals surface area (Å²) >= 11 is 0.686. The fourth-order valence-electron chi connectivity index (χ4n) is 1.03. The molecule has 1 aromatic heterocycles. The van der Waals surface area contributed by atoms with Gasteiger partial charge in [-0.2, -0.15) is 0 Å². The standard InChI is InChI=1S/C9H15N3O4S2/c1-9(2,3)5-11-18(15,16)7-4-6(12(13)14)8(10)17-7/h4,11H,5,10H2,1-3H3. The highest BCUT2D eigenvalue weighted by atomic mass is 32.2. The fraction of sp³-hybridized carbons (Fsp3) is 0.556. The van der Waals surface area contributed by atoms with Crippen molar-refractivity contribution >= 4 is 32.0 Å². The summed E-state index contributed by atoms with van der Waals surface area (Å²) in [5, 5.41) is 10.5. The third kappa shape index (κ3) is 3.65. The average molecular weight is 293 g/mol. The van der Waals surface area contributed by atoms with E-state index in [0.29, 0.717) is 11.3 Å². The second kappa shape index (κ2) is 4.82. The Hall–Kier alpha value is -1.19. The zero-order valence-corrected chi connectivity index (χ0v) is 11.9. The molecule has 0 aliphatic rings. The first-order chi connectivity index (χ1) is 8.03. The first-order valence-corrected chi connectivity index (χ1v) is 7.36. The second-order valence-corrected chi connectivity index (χ2v) is 8.03. The van der Waals surface area contributed by atoms with Gasteiger partial charge in [0.1, 0.15) is 4.21 Å². The average Bonchev–Trinajstić information content (AvgIpc) is 2.57. The molecule has 0 radical (unpaired) electrons. The molecule has 0 saturated heterocycles. The summed E-state index contributed by atoms with van der Waals surface area (Å²) < 4.78 is 26.0. The van der Waals surface area contributed by atoms with E-state index < -0.39 is 14.9 Å². The van der Waals surface area contributed by atoms with Crippen LogP contribution in [0.15, 0.2) is 10.3 Å². The van der Waals surface area contributed by atoms with Gasteiger partial charge in [0.25, 0.3) is 0 Å². The van der Waals surface area contributed by atoms with Gasteiger partial charge in [-0.25, -0.2) is 13.1 Å². The Balaban J connectivity index is 2.99. The number of nitrogens with two attached hydrogens (primary N) is 1. The predicted molar refractivity (Wildman–Crippen MR) is 70.0 cm³/mol. The van der Waals surface area contributed by atoms with Gasteiger partial charge in [0.05, 0.1) is 4.92 Å². The van der Waals surface area contributed by atoms with E-state index in [0.717, 1.165) is 6.07 Å². The Bertz CT molecular complexity index is 557. The number of nitrogen functional groups attached to an aromatic ring is 1. The summed E-state index contributed by atoms with van der Waals surface area (Å²) in [7, 11) is -3.74. The largest absolute Gasteiger partial charge is 0.385 e. The molecule has 0 bridgehead atoms. The third-order valence-corrected chi connectivity index (χ3v) is 4.80. The van der Waals surface area contributed by atoms with Crippen LogP contribution in [0.3, 0.4) is 0 Å². The Kier molecular flexibility index (Phi) is 3.99. The van der Waals surface area contributed by atoms with Crippen molar-refractivity contribution in [1.82, 2.24) is 4.72 Å². The van der Waals surface area contributed by atoms with Crippen LogP contribution >= 0.6 is 11.3 Å². The number of anilines is 1. The molecule has 9 heteroatoms. The third-order valence-electron chi connectivity index (χ3n) is 1.97. The quantitative estimate of drug-likeness (QED) is 0.645. The molecule has 0 saturated carbocycles. The molecular formula is C9H15N3O4S2. The van der Waals surface area contributed by atoms with E-state index >= 15 is 0 Å². The van der Waals surface area contributed by atoms with E-state index in [-0.39, 0.29) is 26.9 Å². The van der Waals surface area contributed by atoms with Crippen LogP contribution in [0.2, 0.25) is 0 Å². The minimum atomic E-state index is -3.74. The molecule has 1 heterocycles. The van der Waals surface area contributed by atoms with Gasteiger partial charge in [-0.15, -0.1) is 0 Å². The van der Waals surface area contributed by atoms with Gasteiger partial charge in [0.15, 0.2) is 5.00 Å². The lowest BCUT2D eigenvalue weighted by Gasteiger charge is -2.18. The van der Waals surface area contributed by atoms with Crippen molar-refractivity contribution in [3.8, 4) is 0 Å². The van der Waals surface area contributed by atoms with Gasteiger partial charge < -0.3 is 5.73 Å². The van der Waals surface area contributed by atoms with Crippen molar-refractivity contribution in [2.24, 2.45) is 5.41 Å². The van der Waals surface area contributed by atoms with E-state index in [2.05, 4.69) is 4.72 Å². The SMILES string of the molecule is CC(C)(C)CNS(=O)(=O)c1cc([N+](=O)[O-])c(N)s1. The maximum absolute atomic E-state index is 11.9. The molecule has 0 fully saturated rings. The number of sulfonamides is 1. The highest BCUT2D eigenvalue weighted by molar-refractivity contribution is 7.91. The Morgan fingerprint density at radius 1 is 1.50 bits per heavy atom. The van der Waals surface area contributed by atoms with Crippen molar-refractivity contribution < 1.29 is 13.3 Å². The number of nitrogens with one attached hydrogen (secondary N) is 1. The molecule has 0 unspecified atom stereocenters. The molecule has 3 N–H and O–H groups in total. The van der Waals surface area contributed by atoms with Crippen LogP contribution in [-0.4, -0.2) is 19.9 Å². The van der Waals surface area contributed by atoms with Gasteiger partial charge in [0.2, 0.25) is 10.0 Å². The first-order valence-electron chi connectivity index (χ1n) is 5.06. The fourth-order valence-corrected chi connectivity index (χ4v) is 3.57. The summed E-state index contributed by atoms with van der Waals surface area (Å²) in [4.78, 5) is 9.90. The molecule has 1 rings (SSSR count). The summed E-state index contributed by atoms with van der Waals surface area (Å²) in [6, 6.07) is 0.977. The lowest BCUT2D eigenvalue weighted by atomic mass is 9.98. The Morgan fingerprint density at radius 3 is 2.44 bits per heavy atom. The van der Waals surface area contributed by atoms with Gasteiger partial charge in [0, 0.05) is 12.6 Å². The van der Waals surface area contributed by atoms with Gasteiger partial charge >= 0.3 is 5.69 Å². The number of nitrogens with zero attached hydrogens (tertiary/aromatic N) is 1. The van der Waals surface area contributed by atoms with E-state index in [9.17, 15) is 18.5 Å². The van der Waals surface area contributed by atoms with Crippen LogP contribution < -0.4 is 10.5 Å². The first kappa shape index (κ1) is 14.9. The van der Waals surface area contributed by atoms with E-state index in [1.807, 2.05) is 20.8 Å². The lowest BCUT2D eigenvalue weighted by molar-refractivity contribution is -0.383. The minimum Gasteiger partial charge on any atom is -0.385 e. The zero-order valence-electron chi connectivity index (χ0n) is 10.3. The van der Waals surface area contributed by atoms with Crippen LogP contribution in [0.5, 0.6) is 0 Å². The smallest absolute Gasteiger partial charge is 0.304 e. The van der Waals surface area contributed by atoms with E-state index in [4.69, 9.17) is 5.73 Å². The molecule has 0 atom stereocenters. The molecular weight excluding hydrogens is 278 g/mol. The van der Waals surface area contributed by atoms with Crippen molar-refractivity contribution in [2.75, 3.05) is 12.3 Å². The number of hydrogen-bond acceptors (Lipinski definition) is 6. The molecule has 0 amide bonds. The zero-order chi connectivity index (χ0) is 14.1. The molecule has 0 aliphatic carbocycles. The van der Waals surface area contributed by atoms with Crippen LogP contribution in [0.25, 0.3) is 0 Å². The van der Waals surface area contributed by atoms with Crippen molar-refractivity contribution in [2.45, 2.75) is 25.0 Å². The topological polar surface area (TPSA) is 115 Å². The maximum Gasteiger partial charge on any atom is 0.304 e. The normalized spacial score (nSPS) is 12.6. The maximum atomic E-state index is 11.9. The summed E-state index contributed by atoms with van der Waals surface area (Å²) in [6.45, 7) is 5.86. The molecule has 1 aromatic rings. The van der Waals surface area contributed by atoms with Crippen LogP contribution in [0.1, 0.15) is 20.8 Å². The molecule has 0 aromatic carbocycles. The monoisotopic (exact) mass is 293 g/mol. The molecule has 18 heavy (non-hydrogen) atoms. The molecule has 0 aliphatic heterocycles. The van der Waals surface area contributed by atoms with Crippen LogP contribution in [-0.2, 0) is 10.0 Å². The Labute approximate surface area is 109 Å². The summed E-state index contributed by atoms with van der Waals surface area (Å²) in [5.41, 5.74) is 4.81. The van der Waals surface area contributed by atoms with Crippen LogP contribution in [0.4, 0.5) is 10.7 Å². The van der Waals surface area contributed by atoms with E-state index in [1.165, 1.54) is 0 Å². The van der Waals surface area contributed by atoms with Gasteiger partial charge in [-0.05, 0) is 5.41 Å². The minimum absolute atomic E-state index is 0.115. The predicted octanol–water partition coefficient (Wildman–Crippen LogP) is 1.56. The summed E-state index contributed by atoms with van der Waals surface area (Å²) in [6.07, 6.45) is 0. The number of hydrogen-bond donors (Lipinski definition) is 2. The van der Waals surface area contributed by atoms with Crippen molar-refractivity contribution in [3.63, 3.8) is 0 Å². The molecule has 102 valence electrons. The highest BCUT2D eigenvalue weighted by Gasteiger charge is 2.25. The van der Waals surface area contributed by atoms with Crippen LogP contribution in [0, 0.1) is 15.5 Å². The molecule has 0 spiro atoms. The van der Waals surface area contributed by atoms with Crippen molar-refractivity contribution in [1.29, 1.82) is 0 Å². The number of nitro groups is 1. The molecule has 7 nitrogen and oxygen atoms in total. The number of rotatable bonds is 4. The lowest BCUT2D eigenvalue weighted by Crippen LogP contribution is -2.31. The Morgan fingerprint density at radius 2 is 2.06 bits per heavy atom. The van der Waals surface area contributed by atoms with E-state index in [1.54, 1.807) is 0 Å².